The predicted molar refractivity (Wildman–Crippen MR) is 84.6 cm³/mol. The Morgan fingerprint density at radius 1 is 1.00 bits per heavy atom. The van der Waals surface area contributed by atoms with Gasteiger partial charge in [-0.25, -0.2) is 0 Å². The number of anilines is 1. The molecule has 0 radical (unpaired) electrons. The van der Waals surface area contributed by atoms with Crippen molar-refractivity contribution in [2.45, 2.75) is 13.1 Å². The topological polar surface area (TPSA) is 59.6 Å². The van der Waals surface area contributed by atoms with Crippen LogP contribution in [0.1, 0.15) is 27.7 Å². The molecule has 1 heterocycles. The molecule has 1 unspecified atom stereocenters. The Kier molecular flexibility index (Phi) is 3.63. The molecule has 0 spiro atoms. The van der Waals surface area contributed by atoms with Gasteiger partial charge < -0.3 is 20.1 Å². The summed E-state index contributed by atoms with van der Waals surface area (Å²) >= 11 is 0. The Bertz CT molecular complexity index is 706. The fourth-order valence-electron chi connectivity index (χ4n) is 2.60. The summed E-state index contributed by atoms with van der Waals surface area (Å²) in [5, 5.41) is 6.33. The first-order valence-electron chi connectivity index (χ1n) is 7.02. The molecule has 5 nitrogen and oxygen atoms in total. The molecule has 0 saturated carbocycles. The number of methoxy groups -OCH3 is 2. The van der Waals surface area contributed by atoms with Crippen molar-refractivity contribution in [3.8, 4) is 11.5 Å². The van der Waals surface area contributed by atoms with Crippen LogP contribution < -0.4 is 20.1 Å². The summed E-state index contributed by atoms with van der Waals surface area (Å²) in [5.41, 5.74) is 3.43. The number of rotatable bonds is 3. The second kappa shape index (κ2) is 5.60. The fourth-order valence-corrected chi connectivity index (χ4v) is 2.60. The summed E-state index contributed by atoms with van der Waals surface area (Å²) in [5.74, 6) is 1.27. The quantitative estimate of drug-likeness (QED) is 0.915. The van der Waals surface area contributed by atoms with E-state index in [0.717, 1.165) is 16.8 Å². The van der Waals surface area contributed by atoms with Crippen molar-refractivity contribution < 1.29 is 14.3 Å². The zero-order valence-electron chi connectivity index (χ0n) is 12.8. The maximum Gasteiger partial charge on any atom is 0.255 e. The van der Waals surface area contributed by atoms with E-state index in [-0.39, 0.29) is 12.1 Å². The molecule has 0 fully saturated rings. The van der Waals surface area contributed by atoms with E-state index >= 15 is 0 Å². The van der Waals surface area contributed by atoms with Crippen molar-refractivity contribution >= 4 is 11.6 Å². The molecule has 22 heavy (non-hydrogen) atoms. The van der Waals surface area contributed by atoms with Crippen LogP contribution in [-0.4, -0.2) is 20.1 Å². The number of benzene rings is 2. The minimum atomic E-state index is -0.329. The van der Waals surface area contributed by atoms with Gasteiger partial charge in [0.15, 0.2) is 0 Å². The minimum Gasteiger partial charge on any atom is -0.497 e. The normalized spacial score (nSPS) is 16.3. The zero-order chi connectivity index (χ0) is 15.7. The van der Waals surface area contributed by atoms with Crippen LogP contribution in [0, 0.1) is 6.92 Å². The van der Waals surface area contributed by atoms with E-state index in [1.165, 1.54) is 0 Å². The van der Waals surface area contributed by atoms with Crippen LogP contribution in [0.5, 0.6) is 11.5 Å². The van der Waals surface area contributed by atoms with Crippen molar-refractivity contribution in [3.05, 3.63) is 53.1 Å². The van der Waals surface area contributed by atoms with Crippen molar-refractivity contribution in [1.29, 1.82) is 0 Å². The van der Waals surface area contributed by atoms with E-state index in [1.807, 2.05) is 37.3 Å². The highest BCUT2D eigenvalue weighted by atomic mass is 16.5. The lowest BCUT2D eigenvalue weighted by atomic mass is 10.0. The third-order valence-electron chi connectivity index (χ3n) is 3.79. The number of carbonyl (C=O) groups is 1. The maximum absolute atomic E-state index is 12.3. The molecule has 2 aromatic carbocycles. The summed E-state index contributed by atoms with van der Waals surface area (Å²) in [7, 11) is 3.20. The number of amides is 1. The first-order chi connectivity index (χ1) is 10.6. The molecule has 0 bridgehead atoms. The van der Waals surface area contributed by atoms with Crippen molar-refractivity contribution in [2.75, 3.05) is 19.5 Å². The molecule has 0 saturated heterocycles. The second-order valence-corrected chi connectivity index (χ2v) is 5.19. The Balaban J connectivity index is 2.01. The Labute approximate surface area is 129 Å². The molecule has 1 amide bonds. The average Bonchev–Trinajstić information content (AvgIpc) is 2.55. The van der Waals surface area contributed by atoms with Crippen LogP contribution in [0.3, 0.4) is 0 Å². The molecule has 0 aliphatic carbocycles. The van der Waals surface area contributed by atoms with Gasteiger partial charge in [-0.1, -0.05) is 12.1 Å². The van der Waals surface area contributed by atoms with E-state index in [1.54, 1.807) is 20.3 Å². The number of nitrogens with one attached hydrogen (secondary N) is 2. The average molecular weight is 298 g/mol. The van der Waals surface area contributed by atoms with Crippen molar-refractivity contribution in [2.24, 2.45) is 0 Å². The fraction of sp³-hybridized carbons (Fsp3) is 0.235. The minimum absolute atomic E-state index is 0.0933. The highest BCUT2D eigenvalue weighted by molar-refractivity contribution is 6.02. The van der Waals surface area contributed by atoms with Gasteiger partial charge in [0.1, 0.15) is 17.7 Å². The maximum atomic E-state index is 12.3. The molecule has 1 atom stereocenters. The van der Waals surface area contributed by atoms with Gasteiger partial charge in [0.2, 0.25) is 0 Å². The molecule has 114 valence electrons. The van der Waals surface area contributed by atoms with Crippen molar-refractivity contribution in [3.63, 3.8) is 0 Å². The van der Waals surface area contributed by atoms with Crippen LogP contribution in [0.25, 0.3) is 0 Å². The van der Waals surface area contributed by atoms with Crippen LogP contribution >= 0.6 is 0 Å². The standard InChI is InChI=1S/C17H18N2O3/c1-10-5-4-6-14-15(10)18-16(19-17(14)20)11-7-12(21-2)9-13(8-11)22-3/h4-9,16,18H,1-3H3,(H,19,20). The highest BCUT2D eigenvalue weighted by Crippen LogP contribution is 2.32. The Morgan fingerprint density at radius 2 is 1.68 bits per heavy atom. The van der Waals surface area contributed by atoms with E-state index < -0.39 is 0 Å². The number of fused-ring (bicyclic) bond motifs is 1. The summed E-state index contributed by atoms with van der Waals surface area (Å²) in [4.78, 5) is 12.3. The SMILES string of the molecule is COc1cc(OC)cc(C2NC(=O)c3cccc(C)c3N2)c1. The summed E-state index contributed by atoms with van der Waals surface area (Å²) < 4.78 is 10.6. The Hall–Kier alpha value is -2.69. The van der Waals surface area contributed by atoms with Gasteiger partial charge >= 0.3 is 0 Å². The number of hydrogen-bond donors (Lipinski definition) is 2. The van der Waals surface area contributed by atoms with Gasteiger partial charge in [-0.2, -0.15) is 0 Å². The van der Waals surface area contributed by atoms with Gasteiger partial charge in [-0.05, 0) is 30.7 Å². The monoisotopic (exact) mass is 298 g/mol. The molecule has 0 aromatic heterocycles. The smallest absolute Gasteiger partial charge is 0.255 e. The number of ether oxygens (including phenoxy) is 2. The molecule has 5 heteroatoms. The van der Waals surface area contributed by atoms with E-state index in [4.69, 9.17) is 9.47 Å². The van der Waals surface area contributed by atoms with Gasteiger partial charge in [0.25, 0.3) is 5.91 Å². The number of hydrogen-bond acceptors (Lipinski definition) is 4. The van der Waals surface area contributed by atoms with Crippen molar-refractivity contribution in [1.82, 2.24) is 5.32 Å². The zero-order valence-corrected chi connectivity index (χ0v) is 12.8. The largest absolute Gasteiger partial charge is 0.497 e. The van der Waals surface area contributed by atoms with Gasteiger partial charge in [0.05, 0.1) is 25.5 Å². The number of aryl methyl sites for hydroxylation is 1. The number of para-hydroxylation sites is 1. The first-order valence-corrected chi connectivity index (χ1v) is 7.02. The summed E-state index contributed by atoms with van der Waals surface area (Å²) in [6, 6.07) is 11.2. The molecule has 1 aliphatic heterocycles. The third kappa shape index (κ3) is 2.45. The number of carbonyl (C=O) groups excluding carboxylic acids is 1. The van der Waals surface area contributed by atoms with E-state index in [2.05, 4.69) is 10.6 Å². The molecular weight excluding hydrogens is 280 g/mol. The van der Waals surface area contributed by atoms with Crippen LogP contribution in [0.15, 0.2) is 36.4 Å². The third-order valence-corrected chi connectivity index (χ3v) is 3.79. The highest BCUT2D eigenvalue weighted by Gasteiger charge is 2.26. The molecule has 2 aromatic rings. The lowest BCUT2D eigenvalue weighted by Crippen LogP contribution is -2.38. The van der Waals surface area contributed by atoms with Crippen LogP contribution in [0.4, 0.5) is 5.69 Å². The predicted octanol–water partition coefficient (Wildman–Crippen LogP) is 2.87. The van der Waals surface area contributed by atoms with Crippen LogP contribution in [-0.2, 0) is 0 Å². The summed E-state index contributed by atoms with van der Waals surface area (Å²) in [6.07, 6.45) is -0.329. The van der Waals surface area contributed by atoms with Gasteiger partial charge in [0, 0.05) is 11.6 Å². The van der Waals surface area contributed by atoms with E-state index in [0.29, 0.717) is 17.1 Å². The second-order valence-electron chi connectivity index (χ2n) is 5.19. The Morgan fingerprint density at radius 3 is 2.32 bits per heavy atom. The molecule has 3 rings (SSSR count). The molecular formula is C17H18N2O3. The van der Waals surface area contributed by atoms with Crippen LogP contribution in [0.2, 0.25) is 0 Å². The summed E-state index contributed by atoms with van der Waals surface area (Å²) in [6.45, 7) is 1.98. The molecule has 1 aliphatic rings. The molecule has 2 N–H and O–H groups in total. The van der Waals surface area contributed by atoms with E-state index in [9.17, 15) is 4.79 Å². The van der Waals surface area contributed by atoms with Gasteiger partial charge in [-0.15, -0.1) is 0 Å². The van der Waals surface area contributed by atoms with Gasteiger partial charge in [-0.3, -0.25) is 4.79 Å². The lowest BCUT2D eigenvalue weighted by molar-refractivity contribution is 0.0935. The first kappa shape index (κ1) is 14.3. The lowest BCUT2D eigenvalue weighted by Gasteiger charge is -2.29.